The lowest BCUT2D eigenvalue weighted by molar-refractivity contribution is 0.0526. The zero-order valence-electron chi connectivity index (χ0n) is 12.3. The van der Waals surface area contributed by atoms with Gasteiger partial charge in [-0.2, -0.15) is 0 Å². The minimum Gasteiger partial charge on any atom is -0.462 e. The predicted molar refractivity (Wildman–Crippen MR) is 88.1 cm³/mol. The number of esters is 1. The Morgan fingerprint density at radius 1 is 1.17 bits per heavy atom. The molecule has 0 aliphatic carbocycles. The first-order valence-corrected chi connectivity index (χ1v) is 7.49. The second kappa shape index (κ2) is 6.34. The Hall–Kier alpha value is -2.46. The van der Waals surface area contributed by atoms with E-state index in [2.05, 4.69) is 4.98 Å². The van der Waals surface area contributed by atoms with E-state index >= 15 is 0 Å². The molecule has 0 spiro atoms. The third kappa shape index (κ3) is 3.17. The number of benzene rings is 2. The van der Waals surface area contributed by atoms with Gasteiger partial charge in [-0.1, -0.05) is 29.8 Å². The maximum atomic E-state index is 13.1. The number of carbonyl (C=O) groups excluding carboxylic acids is 1. The Balaban J connectivity index is 2.16. The Morgan fingerprint density at radius 2 is 1.91 bits per heavy atom. The van der Waals surface area contributed by atoms with Crippen molar-refractivity contribution in [2.24, 2.45) is 0 Å². The molecule has 1 heterocycles. The molecule has 116 valence electrons. The van der Waals surface area contributed by atoms with Crippen molar-refractivity contribution >= 4 is 28.5 Å². The molecule has 0 fully saturated rings. The maximum absolute atomic E-state index is 13.1. The molecule has 0 unspecified atom stereocenters. The summed E-state index contributed by atoms with van der Waals surface area (Å²) in [6.45, 7) is 2.06. The van der Waals surface area contributed by atoms with Crippen LogP contribution >= 0.6 is 11.6 Å². The lowest BCUT2D eigenvalue weighted by atomic mass is 10.0. The number of hydrogen-bond acceptors (Lipinski definition) is 3. The first-order chi connectivity index (χ1) is 11.1. The van der Waals surface area contributed by atoms with E-state index in [0.717, 1.165) is 16.5 Å². The summed E-state index contributed by atoms with van der Waals surface area (Å²) in [5.41, 5.74) is 2.65. The smallest absolute Gasteiger partial charge is 0.338 e. The Kier molecular flexibility index (Phi) is 4.26. The molecule has 0 saturated heterocycles. The molecule has 3 nitrogen and oxygen atoms in total. The molecule has 0 radical (unpaired) electrons. The molecule has 0 aliphatic heterocycles. The van der Waals surface area contributed by atoms with Crippen LogP contribution in [0.25, 0.3) is 22.0 Å². The van der Waals surface area contributed by atoms with Crippen LogP contribution in [0, 0.1) is 5.82 Å². The monoisotopic (exact) mass is 329 g/mol. The molecule has 2 aromatic carbocycles. The van der Waals surface area contributed by atoms with Crippen molar-refractivity contribution in [2.75, 3.05) is 6.61 Å². The molecule has 5 heteroatoms. The standard InChI is InChI=1S/C18H13ClFNO2/c1-2-23-18(22)12-5-8-14-15(10-17(19)21-16(14)9-12)11-3-6-13(20)7-4-11/h3-10H,2H2,1H3. The molecule has 3 rings (SSSR count). The fraction of sp³-hybridized carbons (Fsp3) is 0.111. The van der Waals surface area contributed by atoms with E-state index in [0.29, 0.717) is 22.8 Å². The van der Waals surface area contributed by atoms with Crippen LogP contribution in [0.3, 0.4) is 0 Å². The van der Waals surface area contributed by atoms with Crippen molar-refractivity contribution in [3.8, 4) is 11.1 Å². The summed E-state index contributed by atoms with van der Waals surface area (Å²) in [5.74, 6) is -0.706. The normalized spacial score (nSPS) is 10.7. The minimum absolute atomic E-state index is 0.303. The second-order valence-electron chi connectivity index (χ2n) is 4.95. The minimum atomic E-state index is -0.403. The Bertz CT molecular complexity index is 878. The zero-order chi connectivity index (χ0) is 16.4. The summed E-state index contributed by atoms with van der Waals surface area (Å²) in [6, 6.07) is 13.0. The van der Waals surface area contributed by atoms with Crippen LogP contribution in [0.2, 0.25) is 5.15 Å². The van der Waals surface area contributed by atoms with Crippen LogP contribution in [0.15, 0.2) is 48.5 Å². The topological polar surface area (TPSA) is 39.2 Å². The van der Waals surface area contributed by atoms with E-state index in [-0.39, 0.29) is 5.82 Å². The van der Waals surface area contributed by atoms with E-state index < -0.39 is 5.97 Å². The maximum Gasteiger partial charge on any atom is 0.338 e. The highest BCUT2D eigenvalue weighted by atomic mass is 35.5. The Morgan fingerprint density at radius 3 is 2.61 bits per heavy atom. The third-order valence-electron chi connectivity index (χ3n) is 3.44. The summed E-state index contributed by atoms with van der Waals surface area (Å²) in [5, 5.41) is 1.13. The van der Waals surface area contributed by atoms with Gasteiger partial charge in [0.25, 0.3) is 0 Å². The van der Waals surface area contributed by atoms with Crippen molar-refractivity contribution in [3.05, 3.63) is 65.1 Å². The molecular weight excluding hydrogens is 317 g/mol. The number of fused-ring (bicyclic) bond motifs is 1. The van der Waals surface area contributed by atoms with Crippen molar-refractivity contribution < 1.29 is 13.9 Å². The highest BCUT2D eigenvalue weighted by molar-refractivity contribution is 6.30. The van der Waals surface area contributed by atoms with Crippen molar-refractivity contribution in [3.63, 3.8) is 0 Å². The van der Waals surface area contributed by atoms with Gasteiger partial charge < -0.3 is 4.74 Å². The van der Waals surface area contributed by atoms with Crippen molar-refractivity contribution in [2.45, 2.75) is 6.92 Å². The van der Waals surface area contributed by atoms with Crippen LogP contribution in [-0.2, 0) is 4.74 Å². The lowest BCUT2D eigenvalue weighted by Crippen LogP contribution is -2.04. The van der Waals surface area contributed by atoms with E-state index in [4.69, 9.17) is 16.3 Å². The van der Waals surface area contributed by atoms with Crippen LogP contribution in [0.5, 0.6) is 0 Å². The van der Waals surface area contributed by atoms with Gasteiger partial charge in [-0.15, -0.1) is 0 Å². The fourth-order valence-electron chi connectivity index (χ4n) is 2.41. The lowest BCUT2D eigenvalue weighted by Gasteiger charge is -2.09. The number of aromatic nitrogens is 1. The Labute approximate surface area is 137 Å². The molecule has 0 aliphatic rings. The molecule has 0 saturated carbocycles. The summed E-state index contributed by atoms with van der Waals surface area (Å²) < 4.78 is 18.1. The molecule has 23 heavy (non-hydrogen) atoms. The molecule has 1 aromatic heterocycles. The molecular formula is C18H13ClFNO2. The van der Waals surface area contributed by atoms with E-state index in [1.165, 1.54) is 12.1 Å². The third-order valence-corrected chi connectivity index (χ3v) is 3.64. The zero-order valence-corrected chi connectivity index (χ0v) is 13.1. The van der Waals surface area contributed by atoms with E-state index in [1.54, 1.807) is 43.3 Å². The van der Waals surface area contributed by atoms with Crippen molar-refractivity contribution in [1.82, 2.24) is 4.98 Å². The van der Waals surface area contributed by atoms with Crippen LogP contribution in [-0.4, -0.2) is 17.6 Å². The summed E-state index contributed by atoms with van der Waals surface area (Å²) in [7, 11) is 0. The number of carbonyl (C=O) groups is 1. The van der Waals surface area contributed by atoms with Crippen LogP contribution < -0.4 is 0 Å². The van der Waals surface area contributed by atoms with Gasteiger partial charge in [0.1, 0.15) is 11.0 Å². The molecule has 3 aromatic rings. The van der Waals surface area contributed by atoms with Gasteiger partial charge in [0.15, 0.2) is 0 Å². The van der Waals surface area contributed by atoms with Gasteiger partial charge in [0.2, 0.25) is 0 Å². The van der Waals surface area contributed by atoms with E-state index in [9.17, 15) is 9.18 Å². The molecule has 0 amide bonds. The fourth-order valence-corrected chi connectivity index (χ4v) is 2.61. The average molecular weight is 330 g/mol. The van der Waals surface area contributed by atoms with E-state index in [1.807, 2.05) is 0 Å². The van der Waals surface area contributed by atoms with Gasteiger partial charge in [-0.3, -0.25) is 0 Å². The number of hydrogen-bond donors (Lipinski definition) is 0. The molecule has 0 atom stereocenters. The number of halogens is 2. The highest BCUT2D eigenvalue weighted by Crippen LogP contribution is 2.31. The van der Waals surface area contributed by atoms with Gasteiger partial charge >= 0.3 is 5.97 Å². The number of nitrogens with zero attached hydrogens (tertiary/aromatic N) is 1. The second-order valence-corrected chi connectivity index (χ2v) is 5.34. The summed E-state index contributed by atoms with van der Waals surface area (Å²) in [4.78, 5) is 16.1. The number of ether oxygens (including phenoxy) is 1. The first kappa shape index (κ1) is 15.4. The average Bonchev–Trinajstić information content (AvgIpc) is 2.54. The molecule has 0 N–H and O–H groups in total. The van der Waals surface area contributed by atoms with Crippen LogP contribution in [0.1, 0.15) is 17.3 Å². The number of rotatable bonds is 3. The van der Waals surface area contributed by atoms with Gasteiger partial charge in [-0.05, 0) is 48.4 Å². The highest BCUT2D eigenvalue weighted by Gasteiger charge is 2.12. The molecule has 0 bridgehead atoms. The largest absolute Gasteiger partial charge is 0.462 e. The summed E-state index contributed by atoms with van der Waals surface area (Å²) >= 11 is 6.10. The summed E-state index contributed by atoms with van der Waals surface area (Å²) in [6.07, 6.45) is 0. The quantitative estimate of drug-likeness (QED) is 0.508. The number of pyridine rings is 1. The van der Waals surface area contributed by atoms with Gasteiger partial charge in [0.05, 0.1) is 17.7 Å². The first-order valence-electron chi connectivity index (χ1n) is 7.12. The van der Waals surface area contributed by atoms with Crippen LogP contribution in [0.4, 0.5) is 4.39 Å². The predicted octanol–water partition coefficient (Wildman–Crippen LogP) is 4.87. The SMILES string of the molecule is CCOC(=O)c1ccc2c(-c3ccc(F)cc3)cc(Cl)nc2c1. The van der Waals surface area contributed by atoms with Gasteiger partial charge in [-0.25, -0.2) is 14.2 Å². The van der Waals surface area contributed by atoms with Gasteiger partial charge in [0, 0.05) is 5.39 Å². The van der Waals surface area contributed by atoms with Crippen molar-refractivity contribution in [1.29, 1.82) is 0 Å².